The van der Waals surface area contributed by atoms with E-state index in [1.54, 1.807) is 13.0 Å². The molecule has 1 aromatic rings. The van der Waals surface area contributed by atoms with E-state index in [4.69, 9.17) is 10.1 Å². The maximum Gasteiger partial charge on any atom is 0.293 e. The highest BCUT2D eigenvalue weighted by atomic mass is 16.6. The van der Waals surface area contributed by atoms with E-state index in [-0.39, 0.29) is 5.69 Å². The first-order chi connectivity index (χ1) is 8.04. The number of aryl methyl sites for hydroxylation is 1. The van der Waals surface area contributed by atoms with Gasteiger partial charge in [-0.05, 0) is 25.0 Å². The fraction of sp³-hybridized carbons (Fsp3) is 0.417. The van der Waals surface area contributed by atoms with Crippen molar-refractivity contribution in [1.29, 1.82) is 5.26 Å². The predicted octanol–water partition coefficient (Wildman–Crippen LogP) is 1.58. The van der Waals surface area contributed by atoms with Gasteiger partial charge in [0.05, 0.1) is 17.9 Å². The van der Waals surface area contributed by atoms with Gasteiger partial charge in [-0.2, -0.15) is 5.26 Å². The minimum absolute atomic E-state index is 0.241. The highest BCUT2D eigenvalue weighted by Gasteiger charge is 2.09. The summed E-state index contributed by atoms with van der Waals surface area (Å²) in [5, 5.41) is 8.74. The zero-order valence-corrected chi connectivity index (χ0v) is 10.2. The van der Waals surface area contributed by atoms with Gasteiger partial charge < -0.3 is 0 Å². The number of aromatic nitrogens is 1. The molecule has 0 aliphatic rings. The number of nitrogens with zero attached hydrogens (tertiary/aromatic N) is 2. The molecule has 5 nitrogen and oxygen atoms in total. The highest BCUT2D eigenvalue weighted by Crippen LogP contribution is 2.05. The molecule has 0 saturated carbocycles. The molecule has 1 N–H and O–H groups in total. The maximum absolute atomic E-state index is 11.6. The van der Waals surface area contributed by atoms with Gasteiger partial charge in [-0.25, -0.2) is 10.5 Å². The summed E-state index contributed by atoms with van der Waals surface area (Å²) in [6.45, 7) is 6.10. The number of rotatable bonds is 4. The standard InChI is InChI=1S/C12H15N3O2/c1-8(2)7-17-15-12(16)11-5-4-10(6-13)9(3)14-11/h4-5,8H,7H2,1-3H3,(H,15,16). The monoisotopic (exact) mass is 233 g/mol. The largest absolute Gasteiger partial charge is 0.293 e. The predicted molar refractivity (Wildman–Crippen MR) is 61.9 cm³/mol. The fourth-order valence-corrected chi connectivity index (χ4v) is 1.13. The van der Waals surface area contributed by atoms with Crippen LogP contribution >= 0.6 is 0 Å². The molecule has 0 bridgehead atoms. The van der Waals surface area contributed by atoms with Crippen LogP contribution in [0.3, 0.4) is 0 Å². The zero-order valence-electron chi connectivity index (χ0n) is 10.2. The number of carbonyl (C=O) groups excluding carboxylic acids is 1. The Kier molecular flexibility index (Phi) is 4.61. The van der Waals surface area contributed by atoms with Crippen molar-refractivity contribution in [2.24, 2.45) is 5.92 Å². The second kappa shape index (κ2) is 5.97. The van der Waals surface area contributed by atoms with Crippen LogP contribution in [0.4, 0.5) is 0 Å². The van der Waals surface area contributed by atoms with Gasteiger partial charge in [0.15, 0.2) is 0 Å². The summed E-state index contributed by atoms with van der Waals surface area (Å²) in [5.41, 5.74) is 3.55. The molecule has 0 radical (unpaired) electrons. The lowest BCUT2D eigenvalue weighted by Crippen LogP contribution is -2.26. The van der Waals surface area contributed by atoms with E-state index in [9.17, 15) is 4.79 Å². The lowest BCUT2D eigenvalue weighted by atomic mass is 10.2. The number of hydrogen-bond donors (Lipinski definition) is 1. The normalized spacial score (nSPS) is 10.1. The van der Waals surface area contributed by atoms with Gasteiger partial charge in [-0.15, -0.1) is 0 Å². The Morgan fingerprint density at radius 2 is 2.29 bits per heavy atom. The number of hydroxylamine groups is 1. The summed E-state index contributed by atoms with van der Waals surface area (Å²) in [5.74, 6) is -0.0656. The summed E-state index contributed by atoms with van der Waals surface area (Å²) in [6.07, 6.45) is 0. The second-order valence-electron chi connectivity index (χ2n) is 4.08. The molecule has 1 amide bonds. The third-order valence-electron chi connectivity index (χ3n) is 2.02. The third-order valence-corrected chi connectivity index (χ3v) is 2.02. The first-order valence-electron chi connectivity index (χ1n) is 5.34. The molecule has 0 spiro atoms. The van der Waals surface area contributed by atoms with Gasteiger partial charge >= 0.3 is 0 Å². The van der Waals surface area contributed by atoms with Crippen LogP contribution in [0.2, 0.25) is 0 Å². The number of hydrogen-bond acceptors (Lipinski definition) is 4. The number of carbonyl (C=O) groups is 1. The molecule has 1 aromatic heterocycles. The lowest BCUT2D eigenvalue weighted by Gasteiger charge is -2.07. The zero-order chi connectivity index (χ0) is 12.8. The van der Waals surface area contributed by atoms with E-state index < -0.39 is 5.91 Å². The Morgan fingerprint density at radius 3 is 2.82 bits per heavy atom. The molecule has 90 valence electrons. The summed E-state index contributed by atoms with van der Waals surface area (Å²) in [4.78, 5) is 20.6. The summed E-state index contributed by atoms with van der Waals surface area (Å²) in [6, 6.07) is 5.06. The van der Waals surface area contributed by atoms with E-state index >= 15 is 0 Å². The molecule has 17 heavy (non-hydrogen) atoms. The smallest absolute Gasteiger partial charge is 0.273 e. The van der Waals surface area contributed by atoms with E-state index in [0.29, 0.717) is 23.8 Å². The van der Waals surface area contributed by atoms with Crippen LogP contribution < -0.4 is 5.48 Å². The average Bonchev–Trinajstić information content (AvgIpc) is 2.28. The van der Waals surface area contributed by atoms with Crippen molar-refractivity contribution in [3.05, 3.63) is 29.1 Å². The first kappa shape index (κ1) is 13.1. The van der Waals surface area contributed by atoms with Gasteiger partial charge in [0.1, 0.15) is 11.8 Å². The van der Waals surface area contributed by atoms with Crippen molar-refractivity contribution in [2.45, 2.75) is 20.8 Å². The van der Waals surface area contributed by atoms with E-state index in [1.807, 2.05) is 19.9 Å². The third kappa shape index (κ3) is 3.85. The van der Waals surface area contributed by atoms with Crippen LogP contribution in [0, 0.1) is 24.2 Å². The van der Waals surface area contributed by atoms with Crippen LogP contribution in [-0.4, -0.2) is 17.5 Å². The number of nitriles is 1. The molecule has 0 saturated heterocycles. The summed E-state index contributed by atoms with van der Waals surface area (Å²) in [7, 11) is 0. The Balaban J connectivity index is 2.64. The van der Waals surface area contributed by atoms with Crippen molar-refractivity contribution < 1.29 is 9.63 Å². The minimum Gasteiger partial charge on any atom is -0.273 e. The number of nitrogens with one attached hydrogen (secondary N) is 1. The molecule has 0 fully saturated rings. The van der Waals surface area contributed by atoms with Gasteiger partial charge in [0.2, 0.25) is 0 Å². The van der Waals surface area contributed by atoms with Crippen LogP contribution in [0.15, 0.2) is 12.1 Å². The Labute approximate surface area is 100 Å². The quantitative estimate of drug-likeness (QED) is 0.801. The highest BCUT2D eigenvalue weighted by molar-refractivity contribution is 5.91. The van der Waals surface area contributed by atoms with E-state index in [1.165, 1.54) is 6.07 Å². The molecular weight excluding hydrogens is 218 g/mol. The van der Waals surface area contributed by atoms with Crippen LogP contribution in [0.1, 0.15) is 35.6 Å². The van der Waals surface area contributed by atoms with Crippen LogP contribution in [0.25, 0.3) is 0 Å². The Hall–Kier alpha value is -1.93. The van der Waals surface area contributed by atoms with Crippen LogP contribution in [-0.2, 0) is 4.84 Å². The number of pyridine rings is 1. The molecular formula is C12H15N3O2. The van der Waals surface area contributed by atoms with Crippen molar-refractivity contribution in [3.63, 3.8) is 0 Å². The minimum atomic E-state index is -0.404. The maximum atomic E-state index is 11.6. The molecule has 1 rings (SSSR count). The average molecular weight is 233 g/mol. The van der Waals surface area contributed by atoms with E-state index in [0.717, 1.165) is 0 Å². The molecule has 0 aromatic carbocycles. The molecule has 0 aliphatic heterocycles. The summed E-state index contributed by atoms with van der Waals surface area (Å²) >= 11 is 0. The second-order valence-corrected chi connectivity index (χ2v) is 4.08. The Bertz CT molecular complexity index is 450. The van der Waals surface area contributed by atoms with Crippen molar-refractivity contribution >= 4 is 5.91 Å². The van der Waals surface area contributed by atoms with Crippen LogP contribution in [0.5, 0.6) is 0 Å². The van der Waals surface area contributed by atoms with Gasteiger partial charge in [-0.3, -0.25) is 9.63 Å². The number of amides is 1. The molecule has 5 heteroatoms. The summed E-state index contributed by atoms with van der Waals surface area (Å²) < 4.78 is 0. The van der Waals surface area contributed by atoms with Gasteiger partial charge in [-0.1, -0.05) is 13.8 Å². The fourth-order valence-electron chi connectivity index (χ4n) is 1.13. The first-order valence-corrected chi connectivity index (χ1v) is 5.34. The van der Waals surface area contributed by atoms with Gasteiger partial charge in [0, 0.05) is 0 Å². The van der Waals surface area contributed by atoms with Crippen molar-refractivity contribution in [1.82, 2.24) is 10.5 Å². The van der Waals surface area contributed by atoms with Crippen molar-refractivity contribution in [2.75, 3.05) is 6.61 Å². The Morgan fingerprint density at radius 1 is 1.59 bits per heavy atom. The molecule has 0 aliphatic carbocycles. The molecule has 1 heterocycles. The van der Waals surface area contributed by atoms with Crippen molar-refractivity contribution in [3.8, 4) is 6.07 Å². The SMILES string of the molecule is Cc1nc(C(=O)NOCC(C)C)ccc1C#N. The lowest BCUT2D eigenvalue weighted by molar-refractivity contribution is 0.0204. The van der Waals surface area contributed by atoms with Gasteiger partial charge in [0.25, 0.3) is 5.91 Å². The molecule has 0 unspecified atom stereocenters. The topological polar surface area (TPSA) is 75.0 Å². The molecule has 0 atom stereocenters. The van der Waals surface area contributed by atoms with E-state index in [2.05, 4.69) is 10.5 Å².